The molecule has 0 radical (unpaired) electrons. The number of fused-ring (bicyclic) bond motifs is 5. The van der Waals surface area contributed by atoms with Crippen molar-refractivity contribution in [1.29, 1.82) is 0 Å². The fraction of sp³-hybridized carbons (Fsp3) is 0.500. The van der Waals surface area contributed by atoms with Gasteiger partial charge in [-0.05, 0) is 49.3 Å². The van der Waals surface area contributed by atoms with E-state index in [1.54, 1.807) is 13.2 Å². The van der Waals surface area contributed by atoms with Crippen LogP contribution in [0.5, 0.6) is 5.88 Å². The summed E-state index contributed by atoms with van der Waals surface area (Å²) in [5.74, 6) is 0.863. The Hall–Kier alpha value is -2.38. The number of aryl methyl sites for hydroxylation is 2. The highest BCUT2D eigenvalue weighted by Gasteiger charge is 2.38. The molecule has 2 aromatic heterocycles. The van der Waals surface area contributed by atoms with Crippen LogP contribution in [0.4, 0.5) is 0 Å². The number of carbonyl (C=O) groups is 1. The molecule has 2 aromatic rings. The quantitative estimate of drug-likeness (QED) is 0.773. The smallest absolute Gasteiger partial charge is 0.256 e. The zero-order valence-electron chi connectivity index (χ0n) is 17.0. The highest BCUT2D eigenvalue weighted by molar-refractivity contribution is 5.96. The maximum absolute atomic E-state index is 13.0. The number of pyridine rings is 2. The van der Waals surface area contributed by atoms with Crippen LogP contribution in [0.15, 0.2) is 29.1 Å². The minimum absolute atomic E-state index is 0. The molecule has 3 aliphatic rings. The molecule has 1 amide bonds. The standard InChI is InChI=1S/C22H26N4O3.ClH/c1-29-22-16(9-13-4-2-5-17(13)25-22)21(28)24-12-19-15-8-14(10-23-11-15)18-6-3-7-20(27)26(18)19;/h3,6-7,9,14-15,19,23H,2,4-5,8,10-12H2,1H3,(H,24,28);1H/t14-,15+,19+;/m1./s1. The van der Waals surface area contributed by atoms with E-state index in [2.05, 4.69) is 15.6 Å². The van der Waals surface area contributed by atoms with Gasteiger partial charge in [0.15, 0.2) is 0 Å². The van der Waals surface area contributed by atoms with E-state index in [0.717, 1.165) is 55.7 Å². The fourth-order valence-electron chi connectivity index (χ4n) is 5.23. The van der Waals surface area contributed by atoms with E-state index in [9.17, 15) is 9.59 Å². The number of ether oxygens (including phenoxy) is 1. The third kappa shape index (κ3) is 3.50. The van der Waals surface area contributed by atoms with Crippen LogP contribution in [0.1, 0.15) is 52.1 Å². The van der Waals surface area contributed by atoms with Crippen molar-refractivity contribution in [3.63, 3.8) is 0 Å². The van der Waals surface area contributed by atoms with Crippen molar-refractivity contribution >= 4 is 18.3 Å². The lowest BCUT2D eigenvalue weighted by molar-refractivity contribution is 0.0928. The van der Waals surface area contributed by atoms with Crippen molar-refractivity contribution in [1.82, 2.24) is 20.2 Å². The second-order valence-corrected chi connectivity index (χ2v) is 8.29. The Morgan fingerprint density at radius 2 is 2.20 bits per heavy atom. The molecule has 30 heavy (non-hydrogen) atoms. The highest BCUT2D eigenvalue weighted by atomic mass is 35.5. The molecule has 1 fully saturated rings. The zero-order valence-corrected chi connectivity index (χ0v) is 17.8. The number of halogens is 1. The van der Waals surface area contributed by atoms with Gasteiger partial charge < -0.3 is 19.9 Å². The van der Waals surface area contributed by atoms with Crippen LogP contribution in [-0.2, 0) is 12.8 Å². The lowest BCUT2D eigenvalue weighted by atomic mass is 9.79. The van der Waals surface area contributed by atoms with Crippen LogP contribution in [-0.4, -0.2) is 42.2 Å². The van der Waals surface area contributed by atoms with Gasteiger partial charge in [0.1, 0.15) is 5.56 Å². The number of carbonyl (C=O) groups excluding carboxylic acids is 1. The average molecular weight is 431 g/mol. The Kier molecular flexibility index (Phi) is 5.84. The lowest BCUT2D eigenvalue weighted by Gasteiger charge is -2.43. The van der Waals surface area contributed by atoms with Crippen LogP contribution < -0.4 is 20.9 Å². The van der Waals surface area contributed by atoms with E-state index in [1.807, 2.05) is 22.8 Å². The van der Waals surface area contributed by atoms with Gasteiger partial charge in [-0.3, -0.25) is 9.59 Å². The molecule has 2 aliphatic heterocycles. The molecular weight excluding hydrogens is 404 g/mol. The monoisotopic (exact) mass is 430 g/mol. The van der Waals surface area contributed by atoms with Crippen molar-refractivity contribution < 1.29 is 9.53 Å². The summed E-state index contributed by atoms with van der Waals surface area (Å²) in [5, 5.41) is 6.54. The highest BCUT2D eigenvalue weighted by Crippen LogP contribution is 2.38. The van der Waals surface area contributed by atoms with Gasteiger partial charge in [0.25, 0.3) is 11.5 Å². The number of hydrogen-bond donors (Lipinski definition) is 2. The summed E-state index contributed by atoms with van der Waals surface area (Å²) in [6.07, 6.45) is 3.99. The van der Waals surface area contributed by atoms with Crippen molar-refractivity contribution in [2.45, 2.75) is 37.6 Å². The molecule has 0 unspecified atom stereocenters. The first-order valence-corrected chi connectivity index (χ1v) is 10.4. The summed E-state index contributed by atoms with van der Waals surface area (Å²) in [5.41, 5.74) is 3.72. The molecule has 2 bridgehead atoms. The van der Waals surface area contributed by atoms with E-state index in [0.29, 0.717) is 29.8 Å². The van der Waals surface area contributed by atoms with Gasteiger partial charge in [-0.1, -0.05) is 6.07 Å². The Morgan fingerprint density at radius 1 is 1.33 bits per heavy atom. The third-order valence-electron chi connectivity index (χ3n) is 6.63. The minimum Gasteiger partial charge on any atom is -0.480 e. The van der Waals surface area contributed by atoms with Crippen molar-refractivity contribution in [3.8, 4) is 5.88 Å². The lowest BCUT2D eigenvalue weighted by Crippen LogP contribution is -2.50. The number of aromatic nitrogens is 2. The Labute approximate surface area is 181 Å². The summed E-state index contributed by atoms with van der Waals surface area (Å²) in [4.78, 5) is 30.2. The molecular formula is C22H27ClN4O3. The van der Waals surface area contributed by atoms with E-state index >= 15 is 0 Å². The molecule has 5 rings (SSSR count). The maximum Gasteiger partial charge on any atom is 0.256 e. The van der Waals surface area contributed by atoms with Gasteiger partial charge in [0, 0.05) is 43.0 Å². The van der Waals surface area contributed by atoms with Crippen LogP contribution in [0.2, 0.25) is 0 Å². The molecule has 0 aromatic carbocycles. The third-order valence-corrected chi connectivity index (χ3v) is 6.63. The van der Waals surface area contributed by atoms with Crippen molar-refractivity contribution in [3.05, 3.63) is 57.1 Å². The molecule has 4 heterocycles. The number of nitrogens with one attached hydrogen (secondary N) is 2. The number of piperidine rings is 1. The van der Waals surface area contributed by atoms with E-state index in [-0.39, 0.29) is 29.9 Å². The van der Waals surface area contributed by atoms with Gasteiger partial charge in [-0.25, -0.2) is 4.98 Å². The van der Waals surface area contributed by atoms with Gasteiger partial charge in [0.05, 0.1) is 13.2 Å². The van der Waals surface area contributed by atoms with Gasteiger partial charge >= 0.3 is 0 Å². The number of amides is 1. The van der Waals surface area contributed by atoms with E-state index in [4.69, 9.17) is 4.74 Å². The molecule has 160 valence electrons. The van der Waals surface area contributed by atoms with Gasteiger partial charge in [-0.2, -0.15) is 0 Å². The molecule has 0 saturated carbocycles. The predicted octanol–water partition coefficient (Wildman–Crippen LogP) is 1.84. The fourth-order valence-corrected chi connectivity index (χ4v) is 5.23. The van der Waals surface area contributed by atoms with Crippen molar-refractivity contribution in [2.75, 3.05) is 26.7 Å². The normalized spacial score (nSPS) is 23.7. The zero-order chi connectivity index (χ0) is 20.0. The maximum atomic E-state index is 13.0. The van der Waals surface area contributed by atoms with E-state index < -0.39 is 0 Å². The summed E-state index contributed by atoms with van der Waals surface area (Å²) in [7, 11) is 1.55. The summed E-state index contributed by atoms with van der Waals surface area (Å²) in [6, 6.07) is 7.35. The molecule has 1 saturated heterocycles. The number of rotatable bonds is 4. The molecule has 7 nitrogen and oxygen atoms in total. The van der Waals surface area contributed by atoms with Gasteiger partial charge in [-0.15, -0.1) is 12.4 Å². The number of methoxy groups -OCH3 is 1. The van der Waals surface area contributed by atoms with Crippen LogP contribution in [0.25, 0.3) is 0 Å². The number of hydrogen-bond acceptors (Lipinski definition) is 5. The summed E-state index contributed by atoms with van der Waals surface area (Å²) in [6.45, 7) is 2.17. The summed E-state index contributed by atoms with van der Waals surface area (Å²) < 4.78 is 7.29. The molecule has 0 spiro atoms. The molecule has 1 aliphatic carbocycles. The SMILES string of the molecule is COc1nc2c(cc1C(=O)NC[C@H]1[C@@H]3CNC[C@@H](C3)c3cccc(=O)n31)CCC2.Cl. The Morgan fingerprint density at radius 3 is 3.03 bits per heavy atom. The van der Waals surface area contributed by atoms with Crippen LogP contribution >= 0.6 is 12.4 Å². The summed E-state index contributed by atoms with van der Waals surface area (Å²) >= 11 is 0. The molecule has 3 atom stereocenters. The predicted molar refractivity (Wildman–Crippen MR) is 116 cm³/mol. The van der Waals surface area contributed by atoms with Gasteiger partial charge in [0.2, 0.25) is 5.88 Å². The largest absolute Gasteiger partial charge is 0.480 e. The van der Waals surface area contributed by atoms with E-state index in [1.165, 1.54) is 0 Å². The second kappa shape index (κ2) is 8.40. The Bertz CT molecular complexity index is 1020. The first kappa shape index (κ1) is 20.9. The number of nitrogens with zero attached hydrogens (tertiary/aromatic N) is 2. The average Bonchev–Trinajstić information content (AvgIpc) is 3.20. The molecule has 8 heteroatoms. The molecule has 2 N–H and O–H groups in total. The van der Waals surface area contributed by atoms with Crippen molar-refractivity contribution in [2.24, 2.45) is 5.92 Å². The van der Waals surface area contributed by atoms with Crippen LogP contribution in [0, 0.1) is 5.92 Å². The first-order valence-electron chi connectivity index (χ1n) is 10.4. The minimum atomic E-state index is -0.194. The topological polar surface area (TPSA) is 85.2 Å². The second-order valence-electron chi connectivity index (χ2n) is 8.29. The first-order chi connectivity index (χ1) is 14.2. The Balaban J connectivity index is 0.00000218. The van der Waals surface area contributed by atoms with Crippen LogP contribution in [0.3, 0.4) is 0 Å².